The highest BCUT2D eigenvalue weighted by Crippen LogP contribution is 2.40. The zero-order valence-electron chi connectivity index (χ0n) is 18.6. The van der Waals surface area contributed by atoms with Crippen LogP contribution < -0.4 is 14.5 Å². The molecule has 2 aliphatic rings. The molecule has 3 heterocycles. The Kier molecular flexibility index (Phi) is 6.50. The smallest absolute Gasteiger partial charge is 0.238 e. The van der Waals surface area contributed by atoms with Gasteiger partial charge in [-0.2, -0.15) is 0 Å². The second-order valence-electron chi connectivity index (χ2n) is 7.88. The van der Waals surface area contributed by atoms with Crippen molar-refractivity contribution in [1.29, 1.82) is 0 Å². The molecule has 1 unspecified atom stereocenters. The van der Waals surface area contributed by atoms with Crippen molar-refractivity contribution in [2.75, 3.05) is 48.5 Å². The lowest BCUT2D eigenvalue weighted by molar-refractivity contribution is -0.117. The van der Waals surface area contributed by atoms with E-state index < -0.39 is 0 Å². The fourth-order valence-electron chi connectivity index (χ4n) is 4.28. The highest BCUT2D eigenvalue weighted by atomic mass is 32.2. The predicted octanol–water partition coefficient (Wildman–Crippen LogP) is 3.39. The first kappa shape index (κ1) is 21.8. The molecule has 1 amide bonds. The van der Waals surface area contributed by atoms with Gasteiger partial charge in [-0.3, -0.25) is 14.3 Å². The van der Waals surface area contributed by atoms with Gasteiger partial charge >= 0.3 is 0 Å². The maximum absolute atomic E-state index is 13.6. The topological polar surface area (TPSA) is 72.7 Å². The van der Waals surface area contributed by atoms with Crippen LogP contribution in [0.25, 0.3) is 0 Å². The molecule has 2 aliphatic heterocycles. The molecule has 2 aromatic carbocycles. The minimum atomic E-state index is -0.179. The zero-order valence-corrected chi connectivity index (χ0v) is 19.4. The van der Waals surface area contributed by atoms with Crippen LogP contribution in [0.3, 0.4) is 0 Å². The summed E-state index contributed by atoms with van der Waals surface area (Å²) in [5.41, 5.74) is 1.85. The summed E-state index contributed by atoms with van der Waals surface area (Å²) in [4.78, 5) is 17.7. The summed E-state index contributed by atoms with van der Waals surface area (Å²) in [6.45, 7) is 6.20. The number of thioether (sulfide) groups is 1. The summed E-state index contributed by atoms with van der Waals surface area (Å²) in [5, 5.41) is 9.57. The Morgan fingerprint density at radius 1 is 1.06 bits per heavy atom. The van der Waals surface area contributed by atoms with E-state index in [0.717, 1.165) is 47.7 Å². The van der Waals surface area contributed by atoms with Gasteiger partial charge in [-0.05, 0) is 24.6 Å². The molecule has 1 saturated heterocycles. The first-order valence-electron chi connectivity index (χ1n) is 11.2. The standard InChI is InChI=1S/C24H27N5O3S/c1-2-28-23(27-12-14-31-15-13-27)25-26-24(28)33-17-22(30)29-19-10-6-7-11-21(19)32-16-20(29)18-8-4-3-5-9-18/h3-11,20H,2,12-17H2,1H3. The normalized spacial score (nSPS) is 18.0. The van der Waals surface area contributed by atoms with Crippen molar-refractivity contribution in [2.45, 2.75) is 24.7 Å². The van der Waals surface area contributed by atoms with Crippen LogP contribution in [0, 0.1) is 0 Å². The molecule has 0 aliphatic carbocycles. The Bertz CT molecular complexity index is 1100. The molecule has 0 spiro atoms. The van der Waals surface area contributed by atoms with Crippen LogP contribution in [0.4, 0.5) is 11.6 Å². The molecule has 1 aromatic heterocycles. The molecule has 1 atom stereocenters. The first-order chi connectivity index (χ1) is 16.3. The average molecular weight is 466 g/mol. The average Bonchev–Trinajstić information content (AvgIpc) is 3.30. The second-order valence-corrected chi connectivity index (χ2v) is 8.83. The van der Waals surface area contributed by atoms with Crippen LogP contribution in [-0.4, -0.2) is 59.3 Å². The van der Waals surface area contributed by atoms with Crippen molar-refractivity contribution in [3.05, 3.63) is 60.2 Å². The summed E-state index contributed by atoms with van der Waals surface area (Å²) in [6, 6.07) is 17.6. The largest absolute Gasteiger partial charge is 0.489 e. The number of aromatic nitrogens is 3. The third-order valence-corrected chi connectivity index (χ3v) is 6.87. The van der Waals surface area contributed by atoms with Crippen LogP contribution in [0.1, 0.15) is 18.5 Å². The van der Waals surface area contributed by atoms with E-state index in [9.17, 15) is 4.79 Å². The second kappa shape index (κ2) is 9.84. The lowest BCUT2D eigenvalue weighted by Gasteiger charge is -2.37. The molecule has 8 nitrogen and oxygen atoms in total. The summed E-state index contributed by atoms with van der Waals surface area (Å²) in [6.07, 6.45) is 0. The Morgan fingerprint density at radius 2 is 1.82 bits per heavy atom. The maximum Gasteiger partial charge on any atom is 0.238 e. The number of carbonyl (C=O) groups is 1. The molecule has 172 valence electrons. The molecule has 0 radical (unpaired) electrons. The van der Waals surface area contributed by atoms with Gasteiger partial charge in [-0.15, -0.1) is 10.2 Å². The number of carbonyl (C=O) groups excluding carboxylic acids is 1. The van der Waals surface area contributed by atoms with Crippen LogP contribution in [0.5, 0.6) is 5.75 Å². The number of morpholine rings is 1. The number of ether oxygens (including phenoxy) is 2. The van der Waals surface area contributed by atoms with Crippen molar-refractivity contribution in [2.24, 2.45) is 0 Å². The van der Waals surface area contributed by atoms with Gasteiger partial charge in [-0.1, -0.05) is 54.2 Å². The van der Waals surface area contributed by atoms with E-state index in [1.807, 2.05) is 59.5 Å². The monoisotopic (exact) mass is 465 g/mol. The lowest BCUT2D eigenvalue weighted by Crippen LogP contribution is -2.42. The fraction of sp³-hybridized carbons (Fsp3) is 0.375. The highest BCUT2D eigenvalue weighted by molar-refractivity contribution is 7.99. The van der Waals surface area contributed by atoms with E-state index in [0.29, 0.717) is 19.8 Å². The van der Waals surface area contributed by atoms with Gasteiger partial charge in [-0.25, -0.2) is 0 Å². The molecule has 3 aromatic rings. The molecule has 5 rings (SSSR count). The Labute approximate surface area is 197 Å². The summed E-state index contributed by atoms with van der Waals surface area (Å²) < 4.78 is 13.5. The van der Waals surface area contributed by atoms with Gasteiger partial charge in [0.2, 0.25) is 11.9 Å². The molecular weight excluding hydrogens is 438 g/mol. The molecule has 0 bridgehead atoms. The van der Waals surface area contributed by atoms with Crippen LogP contribution in [-0.2, 0) is 16.1 Å². The van der Waals surface area contributed by atoms with Crippen LogP contribution in [0.2, 0.25) is 0 Å². The molecule has 0 saturated carbocycles. The zero-order chi connectivity index (χ0) is 22.6. The van der Waals surface area contributed by atoms with Crippen molar-refractivity contribution in [1.82, 2.24) is 14.8 Å². The molecule has 33 heavy (non-hydrogen) atoms. The third-order valence-electron chi connectivity index (χ3n) is 5.92. The number of hydrogen-bond acceptors (Lipinski definition) is 7. The number of nitrogens with zero attached hydrogens (tertiary/aromatic N) is 5. The predicted molar refractivity (Wildman–Crippen MR) is 128 cm³/mol. The summed E-state index contributed by atoms with van der Waals surface area (Å²) in [5.74, 6) is 1.85. The highest BCUT2D eigenvalue weighted by Gasteiger charge is 2.33. The van der Waals surface area contributed by atoms with E-state index in [2.05, 4.69) is 26.6 Å². The van der Waals surface area contributed by atoms with Crippen LogP contribution >= 0.6 is 11.8 Å². The van der Waals surface area contributed by atoms with Crippen molar-refractivity contribution >= 4 is 29.3 Å². The van der Waals surface area contributed by atoms with E-state index in [-0.39, 0.29) is 17.7 Å². The van der Waals surface area contributed by atoms with E-state index in [1.165, 1.54) is 11.8 Å². The van der Waals surface area contributed by atoms with E-state index >= 15 is 0 Å². The molecule has 9 heteroatoms. The Balaban J connectivity index is 1.37. The van der Waals surface area contributed by atoms with Crippen molar-refractivity contribution < 1.29 is 14.3 Å². The van der Waals surface area contributed by atoms with Crippen LogP contribution in [0.15, 0.2) is 59.8 Å². The number of rotatable bonds is 6. The Hall–Kier alpha value is -3.04. The van der Waals surface area contributed by atoms with Crippen molar-refractivity contribution in [3.63, 3.8) is 0 Å². The van der Waals surface area contributed by atoms with Crippen molar-refractivity contribution in [3.8, 4) is 5.75 Å². The molecule has 1 fully saturated rings. The maximum atomic E-state index is 13.6. The number of hydrogen-bond donors (Lipinski definition) is 0. The first-order valence-corrected chi connectivity index (χ1v) is 12.2. The van der Waals surface area contributed by atoms with Gasteiger partial charge in [0.25, 0.3) is 0 Å². The van der Waals surface area contributed by atoms with E-state index in [4.69, 9.17) is 9.47 Å². The number of benzene rings is 2. The SMILES string of the molecule is CCn1c(SCC(=O)N2c3ccccc3OCC2c2ccccc2)nnc1N1CCOCC1. The van der Waals surface area contributed by atoms with Gasteiger partial charge in [0.05, 0.1) is 30.7 Å². The number of amides is 1. The molecular formula is C24H27N5O3S. The minimum absolute atomic E-state index is 0.0168. The lowest BCUT2D eigenvalue weighted by atomic mass is 10.0. The number of para-hydroxylation sites is 2. The summed E-state index contributed by atoms with van der Waals surface area (Å²) >= 11 is 1.43. The fourth-order valence-corrected chi connectivity index (χ4v) is 5.13. The number of anilines is 2. The third kappa shape index (κ3) is 4.43. The number of fused-ring (bicyclic) bond motifs is 1. The van der Waals surface area contributed by atoms with Gasteiger partial charge < -0.3 is 14.4 Å². The summed E-state index contributed by atoms with van der Waals surface area (Å²) in [7, 11) is 0. The molecule has 0 N–H and O–H groups in total. The van der Waals surface area contributed by atoms with E-state index in [1.54, 1.807) is 0 Å². The van der Waals surface area contributed by atoms with Gasteiger partial charge in [0.1, 0.15) is 12.4 Å². The quantitative estimate of drug-likeness (QED) is 0.517. The minimum Gasteiger partial charge on any atom is -0.489 e. The Morgan fingerprint density at radius 3 is 2.61 bits per heavy atom. The van der Waals surface area contributed by atoms with Gasteiger partial charge in [0.15, 0.2) is 5.16 Å². The van der Waals surface area contributed by atoms with Gasteiger partial charge in [0, 0.05) is 19.6 Å².